The minimum atomic E-state index is -0.611. The predicted molar refractivity (Wildman–Crippen MR) is 74.2 cm³/mol. The zero-order valence-electron chi connectivity index (χ0n) is 12.0. The summed E-state index contributed by atoms with van der Waals surface area (Å²) in [6.45, 7) is 0. The lowest BCUT2D eigenvalue weighted by molar-refractivity contribution is -0.136. The van der Waals surface area contributed by atoms with Gasteiger partial charge in [-0.2, -0.15) is 0 Å². The van der Waals surface area contributed by atoms with E-state index in [9.17, 15) is 9.59 Å². The van der Waals surface area contributed by atoms with Crippen molar-refractivity contribution < 1.29 is 19.1 Å². The molecule has 0 saturated carbocycles. The van der Waals surface area contributed by atoms with Crippen molar-refractivity contribution in [3.63, 3.8) is 0 Å². The van der Waals surface area contributed by atoms with E-state index in [2.05, 4.69) is 10.1 Å². The van der Waals surface area contributed by atoms with Crippen molar-refractivity contribution in [3.8, 4) is 5.75 Å². The number of carbonyl (C=O) groups excluding carboxylic acids is 2. The van der Waals surface area contributed by atoms with Crippen LogP contribution in [0, 0.1) is 0 Å². The number of nitrogens with one attached hydrogen (secondary N) is 1. The second-order valence-electron chi connectivity index (χ2n) is 4.18. The van der Waals surface area contributed by atoms with Crippen molar-refractivity contribution in [3.05, 3.63) is 41.7 Å². The second-order valence-corrected chi connectivity index (χ2v) is 4.18. The van der Waals surface area contributed by atoms with Gasteiger partial charge in [0, 0.05) is 25.9 Å². The molecule has 0 aliphatic carbocycles. The van der Waals surface area contributed by atoms with Crippen LogP contribution in [-0.2, 0) is 9.53 Å². The van der Waals surface area contributed by atoms with Gasteiger partial charge in [0.15, 0.2) is 0 Å². The third kappa shape index (κ3) is 4.31. The molecule has 0 fully saturated rings. The van der Waals surface area contributed by atoms with Gasteiger partial charge in [0.2, 0.25) is 0 Å². The Bertz CT molecular complexity index is 506. The molecule has 0 saturated heterocycles. The molecule has 108 valence electrons. The normalized spacial score (nSPS) is 10.7. The molecule has 0 spiro atoms. The van der Waals surface area contributed by atoms with Crippen molar-refractivity contribution in [2.24, 2.45) is 0 Å². The quantitative estimate of drug-likeness (QED) is 0.643. The van der Waals surface area contributed by atoms with E-state index in [1.807, 2.05) is 0 Å². The third-order valence-corrected chi connectivity index (χ3v) is 2.39. The minimum absolute atomic E-state index is 0.0679. The van der Waals surface area contributed by atoms with Gasteiger partial charge in [0.1, 0.15) is 11.4 Å². The number of hydrogen-bond donors (Lipinski definition) is 1. The Hall–Kier alpha value is -2.50. The molecule has 6 heteroatoms. The van der Waals surface area contributed by atoms with Gasteiger partial charge in [0.25, 0.3) is 5.91 Å². The first-order valence-corrected chi connectivity index (χ1v) is 5.90. The summed E-state index contributed by atoms with van der Waals surface area (Å²) < 4.78 is 9.63. The molecule has 0 unspecified atom stereocenters. The van der Waals surface area contributed by atoms with Crippen LogP contribution in [0.3, 0.4) is 0 Å². The predicted octanol–water partition coefficient (Wildman–Crippen LogP) is 1.00. The molecule has 1 amide bonds. The Morgan fingerprint density at radius 3 is 2.20 bits per heavy atom. The zero-order valence-corrected chi connectivity index (χ0v) is 12.0. The molecule has 0 aliphatic rings. The number of benzene rings is 1. The fourth-order valence-electron chi connectivity index (χ4n) is 1.44. The summed E-state index contributed by atoms with van der Waals surface area (Å²) in [6, 6.07) is 6.56. The van der Waals surface area contributed by atoms with Crippen LogP contribution >= 0.6 is 0 Å². The summed E-state index contributed by atoms with van der Waals surface area (Å²) in [5.74, 6) is -0.356. The average molecular weight is 278 g/mol. The van der Waals surface area contributed by atoms with E-state index in [0.717, 1.165) is 0 Å². The maximum Gasteiger partial charge on any atom is 0.356 e. The zero-order chi connectivity index (χ0) is 15.1. The van der Waals surface area contributed by atoms with Gasteiger partial charge in [-0.1, -0.05) is 0 Å². The molecule has 20 heavy (non-hydrogen) atoms. The van der Waals surface area contributed by atoms with Crippen LogP contribution in [0.4, 0.5) is 0 Å². The van der Waals surface area contributed by atoms with Crippen LogP contribution in [0.25, 0.3) is 0 Å². The lowest BCUT2D eigenvalue weighted by atomic mass is 10.2. The molecular weight excluding hydrogens is 260 g/mol. The van der Waals surface area contributed by atoms with Gasteiger partial charge in [-0.15, -0.1) is 0 Å². The van der Waals surface area contributed by atoms with Crippen molar-refractivity contribution in [1.82, 2.24) is 10.2 Å². The molecule has 0 bridgehead atoms. The smallest absolute Gasteiger partial charge is 0.356 e. The summed E-state index contributed by atoms with van der Waals surface area (Å²) in [6.07, 6.45) is 1.48. The number of carbonyl (C=O) groups is 2. The Kier molecular flexibility index (Phi) is 5.58. The van der Waals surface area contributed by atoms with Gasteiger partial charge in [-0.05, 0) is 24.3 Å². The highest BCUT2D eigenvalue weighted by Crippen LogP contribution is 2.11. The number of amides is 1. The summed E-state index contributed by atoms with van der Waals surface area (Å²) in [5.41, 5.74) is 0.484. The molecule has 1 aromatic rings. The molecule has 1 rings (SSSR count). The topological polar surface area (TPSA) is 67.9 Å². The van der Waals surface area contributed by atoms with Crippen LogP contribution in [-0.4, -0.2) is 45.1 Å². The standard InChI is InChI=1S/C14H18N2O4/c1-16(2)9-12(14(18)20-4)15-13(17)10-5-7-11(19-3)8-6-10/h5-9H,1-4H3,(H,15,17). The Morgan fingerprint density at radius 2 is 1.75 bits per heavy atom. The van der Waals surface area contributed by atoms with Crippen molar-refractivity contribution in [1.29, 1.82) is 0 Å². The lowest BCUT2D eigenvalue weighted by Crippen LogP contribution is -2.29. The van der Waals surface area contributed by atoms with Gasteiger partial charge in [-0.25, -0.2) is 4.79 Å². The second kappa shape index (κ2) is 7.18. The molecule has 6 nitrogen and oxygen atoms in total. The molecule has 0 aromatic heterocycles. The fraction of sp³-hybridized carbons (Fsp3) is 0.286. The first kappa shape index (κ1) is 15.6. The Morgan fingerprint density at radius 1 is 1.15 bits per heavy atom. The van der Waals surface area contributed by atoms with Crippen molar-refractivity contribution in [2.45, 2.75) is 0 Å². The Balaban J connectivity index is 2.87. The maximum atomic E-state index is 12.0. The molecule has 0 radical (unpaired) electrons. The number of esters is 1. The summed E-state index contributed by atoms with van der Waals surface area (Å²) in [7, 11) is 6.28. The highest BCUT2D eigenvalue weighted by Gasteiger charge is 2.15. The number of ether oxygens (including phenoxy) is 2. The Labute approximate surface area is 118 Å². The van der Waals surface area contributed by atoms with Gasteiger partial charge < -0.3 is 19.7 Å². The maximum absolute atomic E-state index is 12.0. The van der Waals surface area contributed by atoms with Crippen LogP contribution in [0.15, 0.2) is 36.2 Å². The number of nitrogens with zero attached hydrogens (tertiary/aromatic N) is 1. The summed E-state index contributed by atoms with van der Waals surface area (Å²) in [4.78, 5) is 25.2. The number of hydrogen-bond acceptors (Lipinski definition) is 5. The fourth-order valence-corrected chi connectivity index (χ4v) is 1.44. The number of rotatable bonds is 5. The molecule has 0 atom stereocenters. The van der Waals surface area contributed by atoms with Gasteiger partial charge in [0.05, 0.1) is 14.2 Å². The van der Waals surface area contributed by atoms with Gasteiger partial charge in [-0.3, -0.25) is 4.79 Å². The van der Waals surface area contributed by atoms with E-state index in [-0.39, 0.29) is 5.70 Å². The molecule has 1 aromatic carbocycles. The lowest BCUT2D eigenvalue weighted by Gasteiger charge is -2.12. The SMILES string of the molecule is COC(=O)C(=CN(C)C)NC(=O)c1ccc(OC)cc1. The van der Waals surface area contributed by atoms with Gasteiger partial charge >= 0.3 is 5.97 Å². The summed E-state index contributed by atoms with van der Waals surface area (Å²) in [5, 5.41) is 2.52. The largest absolute Gasteiger partial charge is 0.497 e. The monoisotopic (exact) mass is 278 g/mol. The van der Waals surface area contributed by atoms with Crippen molar-refractivity contribution >= 4 is 11.9 Å². The average Bonchev–Trinajstić information content (AvgIpc) is 2.45. The van der Waals surface area contributed by atoms with E-state index in [1.54, 1.807) is 50.4 Å². The highest BCUT2D eigenvalue weighted by atomic mass is 16.5. The van der Waals surface area contributed by atoms with Crippen LogP contribution in [0.1, 0.15) is 10.4 Å². The number of methoxy groups -OCH3 is 2. The van der Waals surface area contributed by atoms with E-state index in [4.69, 9.17) is 4.74 Å². The molecular formula is C14H18N2O4. The van der Waals surface area contributed by atoms with E-state index in [0.29, 0.717) is 11.3 Å². The van der Waals surface area contributed by atoms with Crippen molar-refractivity contribution in [2.75, 3.05) is 28.3 Å². The minimum Gasteiger partial charge on any atom is -0.497 e. The van der Waals surface area contributed by atoms with E-state index < -0.39 is 11.9 Å². The van der Waals surface area contributed by atoms with Crippen LogP contribution in [0.2, 0.25) is 0 Å². The first-order chi connectivity index (χ1) is 9.47. The molecule has 1 N–H and O–H groups in total. The first-order valence-electron chi connectivity index (χ1n) is 5.90. The summed E-state index contributed by atoms with van der Waals surface area (Å²) >= 11 is 0. The van der Waals surface area contributed by atoms with E-state index >= 15 is 0 Å². The third-order valence-electron chi connectivity index (χ3n) is 2.39. The highest BCUT2D eigenvalue weighted by molar-refractivity contribution is 6.01. The molecule has 0 heterocycles. The molecule has 0 aliphatic heterocycles. The van der Waals surface area contributed by atoms with Crippen LogP contribution in [0.5, 0.6) is 5.75 Å². The van der Waals surface area contributed by atoms with E-state index in [1.165, 1.54) is 13.3 Å². The van der Waals surface area contributed by atoms with Crippen LogP contribution < -0.4 is 10.1 Å².